The first-order valence-corrected chi connectivity index (χ1v) is 13.3. The van der Waals surface area contributed by atoms with Crippen molar-refractivity contribution in [2.24, 2.45) is 5.92 Å². The number of likely N-dealkylation sites (N-methyl/N-ethyl adjacent to an activating group) is 1. The fourth-order valence-electron chi connectivity index (χ4n) is 5.47. The molecule has 1 saturated heterocycles. The van der Waals surface area contributed by atoms with E-state index >= 15 is 0 Å². The van der Waals surface area contributed by atoms with Crippen molar-refractivity contribution in [3.63, 3.8) is 0 Å². The first kappa shape index (κ1) is 28.5. The monoisotopic (exact) mass is 545 g/mol. The van der Waals surface area contributed by atoms with Crippen LogP contribution in [0.5, 0.6) is 0 Å². The molecular weight excluding hydrogens is 510 g/mol. The van der Waals surface area contributed by atoms with Gasteiger partial charge in [-0.2, -0.15) is 5.26 Å². The fraction of sp³-hybridized carbons (Fsp3) is 0.448. The Bertz CT molecular complexity index is 1440. The van der Waals surface area contributed by atoms with Crippen molar-refractivity contribution in [1.29, 1.82) is 5.26 Å². The molecule has 1 aliphatic rings. The average molecular weight is 546 g/mol. The highest BCUT2D eigenvalue weighted by Crippen LogP contribution is 2.33. The highest BCUT2D eigenvalue weighted by atomic mass is 16.4. The quantitative estimate of drug-likeness (QED) is 0.487. The number of carbonyl (C=O) groups excluding carboxylic acids is 2. The molecule has 2 aromatic heterocycles. The molecule has 1 N–H and O–H groups in total. The molecule has 0 unspecified atom stereocenters. The molecule has 3 atom stereocenters. The normalized spacial score (nSPS) is 18.1. The van der Waals surface area contributed by atoms with E-state index in [4.69, 9.17) is 5.26 Å². The van der Waals surface area contributed by atoms with Gasteiger partial charge in [0.25, 0.3) is 5.91 Å². The molecule has 0 bridgehead atoms. The maximum atomic E-state index is 14.1. The second kappa shape index (κ2) is 11.3. The van der Waals surface area contributed by atoms with E-state index in [0.717, 1.165) is 6.42 Å². The van der Waals surface area contributed by atoms with Crippen molar-refractivity contribution in [2.75, 3.05) is 25.0 Å². The van der Waals surface area contributed by atoms with Crippen molar-refractivity contribution in [1.82, 2.24) is 24.3 Å². The van der Waals surface area contributed by atoms with Crippen LogP contribution in [0.1, 0.15) is 56.9 Å². The molecule has 0 aliphatic carbocycles. The van der Waals surface area contributed by atoms with Crippen LogP contribution in [0.15, 0.2) is 48.9 Å². The molecule has 11 nitrogen and oxygen atoms in total. The summed E-state index contributed by atoms with van der Waals surface area (Å²) in [7, 11) is 1.90. The van der Waals surface area contributed by atoms with Crippen LogP contribution in [0.25, 0.3) is 11.0 Å². The van der Waals surface area contributed by atoms with Crippen LogP contribution in [-0.4, -0.2) is 79.1 Å². The molecule has 0 radical (unpaired) electrons. The van der Waals surface area contributed by atoms with Gasteiger partial charge in [-0.25, -0.2) is 14.8 Å². The number of nitriles is 1. The largest absolute Gasteiger partial charge is 0.465 e. The number of amides is 2. The molecule has 0 saturated carbocycles. The maximum absolute atomic E-state index is 14.1. The zero-order valence-corrected chi connectivity index (χ0v) is 23.5. The second-order valence-electron chi connectivity index (χ2n) is 11.2. The lowest BCUT2D eigenvalue weighted by atomic mass is 9.92. The number of aromatic nitrogens is 3. The predicted molar refractivity (Wildman–Crippen MR) is 150 cm³/mol. The molecule has 1 aromatic carbocycles. The van der Waals surface area contributed by atoms with E-state index in [-0.39, 0.29) is 24.3 Å². The van der Waals surface area contributed by atoms with E-state index in [2.05, 4.69) is 16.9 Å². The Labute approximate surface area is 233 Å². The van der Waals surface area contributed by atoms with Crippen LogP contribution in [-0.2, 0) is 4.79 Å². The van der Waals surface area contributed by atoms with Gasteiger partial charge in [-0.15, -0.1) is 0 Å². The third kappa shape index (κ3) is 5.47. The Kier molecular flexibility index (Phi) is 8.09. The van der Waals surface area contributed by atoms with E-state index in [1.807, 2.05) is 24.1 Å². The van der Waals surface area contributed by atoms with Crippen molar-refractivity contribution < 1.29 is 19.5 Å². The first-order chi connectivity index (χ1) is 19.0. The number of carboxylic acid groups (broad SMARTS) is 1. The van der Waals surface area contributed by atoms with Crippen LogP contribution in [0, 0.1) is 17.2 Å². The molecule has 2 amide bonds. The number of nitrogens with zero attached hydrogens (tertiary/aromatic N) is 7. The van der Waals surface area contributed by atoms with Gasteiger partial charge in [0, 0.05) is 31.9 Å². The highest BCUT2D eigenvalue weighted by molar-refractivity contribution is 5.98. The lowest BCUT2D eigenvalue weighted by Crippen LogP contribution is -2.52. The summed E-state index contributed by atoms with van der Waals surface area (Å²) >= 11 is 0. The van der Waals surface area contributed by atoms with Gasteiger partial charge in [0.2, 0.25) is 5.91 Å². The maximum Gasteiger partial charge on any atom is 0.408 e. The van der Waals surface area contributed by atoms with Crippen molar-refractivity contribution in [2.45, 2.75) is 58.2 Å². The summed E-state index contributed by atoms with van der Waals surface area (Å²) in [5.41, 5.74) is 0.0521. The van der Waals surface area contributed by atoms with Gasteiger partial charge >= 0.3 is 6.09 Å². The third-order valence-electron chi connectivity index (χ3n) is 7.57. The third-order valence-corrected chi connectivity index (χ3v) is 7.57. The molecule has 1 fully saturated rings. The standard InChI is InChI=1S/C29H35N7O4/c1-19-12-15-34(23(37)11-14-30)17-22(19)33(5)25-21-13-16-35(26(21)32-18-31-25)27(38)24(20-9-7-6-8-10-20)36(28(39)40)29(2,3)4/h6-10,13,16,18-19,22,24H,11-12,15,17H2,1-5H3,(H,39,40)/t19-,22+,24+/m1/s1. The Morgan fingerprint density at radius 2 is 1.88 bits per heavy atom. The number of rotatable bonds is 6. The van der Waals surface area contributed by atoms with Crippen LogP contribution < -0.4 is 4.90 Å². The summed E-state index contributed by atoms with van der Waals surface area (Å²) in [5, 5.41) is 19.8. The summed E-state index contributed by atoms with van der Waals surface area (Å²) in [6.07, 6.45) is 2.42. The Balaban J connectivity index is 1.74. The molecule has 0 spiro atoms. The average Bonchev–Trinajstić information content (AvgIpc) is 3.35. The molecule has 3 aromatic rings. The molecule has 4 rings (SSSR count). The molecular formula is C29H35N7O4. The van der Waals surface area contributed by atoms with Gasteiger partial charge < -0.3 is 14.9 Å². The van der Waals surface area contributed by atoms with Gasteiger partial charge in [-0.1, -0.05) is 37.3 Å². The van der Waals surface area contributed by atoms with Crippen LogP contribution in [0.3, 0.4) is 0 Å². The minimum atomic E-state index is -1.21. The minimum absolute atomic E-state index is 0.0611. The van der Waals surface area contributed by atoms with Gasteiger partial charge in [0.15, 0.2) is 5.65 Å². The number of fused-ring (bicyclic) bond motifs is 1. The first-order valence-electron chi connectivity index (χ1n) is 13.3. The van der Waals surface area contributed by atoms with Crippen molar-refractivity contribution in [3.05, 3.63) is 54.5 Å². The summed E-state index contributed by atoms with van der Waals surface area (Å²) in [5.74, 6) is 0.213. The molecule has 210 valence electrons. The van der Waals surface area contributed by atoms with E-state index in [1.165, 1.54) is 15.8 Å². The number of hydrogen-bond donors (Lipinski definition) is 1. The minimum Gasteiger partial charge on any atom is -0.465 e. The van der Waals surface area contributed by atoms with Crippen molar-refractivity contribution >= 4 is 34.8 Å². The lowest BCUT2D eigenvalue weighted by molar-refractivity contribution is -0.131. The fourth-order valence-corrected chi connectivity index (χ4v) is 5.47. The van der Waals surface area contributed by atoms with Crippen LogP contribution in [0.4, 0.5) is 10.6 Å². The number of carbonyl (C=O) groups is 3. The second-order valence-corrected chi connectivity index (χ2v) is 11.2. The zero-order chi connectivity index (χ0) is 29.2. The summed E-state index contributed by atoms with van der Waals surface area (Å²) < 4.78 is 1.39. The van der Waals surface area contributed by atoms with Gasteiger partial charge in [-0.3, -0.25) is 19.1 Å². The van der Waals surface area contributed by atoms with Gasteiger partial charge in [0.05, 0.1) is 17.5 Å². The van der Waals surface area contributed by atoms with Crippen LogP contribution >= 0.6 is 0 Å². The number of benzene rings is 1. The van der Waals surface area contributed by atoms with E-state index < -0.39 is 23.6 Å². The topological polar surface area (TPSA) is 136 Å². The van der Waals surface area contributed by atoms with Gasteiger partial charge in [0.1, 0.15) is 24.6 Å². The van der Waals surface area contributed by atoms with Gasteiger partial charge in [-0.05, 0) is 44.7 Å². The van der Waals surface area contributed by atoms with E-state index in [9.17, 15) is 19.5 Å². The SMILES string of the molecule is C[C@@H]1CCN(C(=O)CC#N)C[C@@H]1N(C)c1ncnc2c1ccn2C(=O)[C@H](c1ccccc1)N(C(=O)O)C(C)(C)C. The van der Waals surface area contributed by atoms with Crippen LogP contribution in [0.2, 0.25) is 0 Å². The summed E-state index contributed by atoms with van der Waals surface area (Å²) in [4.78, 5) is 52.9. The number of hydrogen-bond acceptors (Lipinski definition) is 7. The summed E-state index contributed by atoms with van der Waals surface area (Å²) in [6.45, 7) is 8.44. The lowest BCUT2D eigenvalue weighted by Gasteiger charge is -2.42. The Hall–Kier alpha value is -4.46. The summed E-state index contributed by atoms with van der Waals surface area (Å²) in [6, 6.07) is 11.4. The number of piperidine rings is 1. The molecule has 11 heteroatoms. The number of anilines is 1. The predicted octanol–water partition coefficient (Wildman–Crippen LogP) is 4.18. The number of likely N-dealkylation sites (tertiary alicyclic amines) is 1. The Morgan fingerprint density at radius 3 is 2.50 bits per heavy atom. The van der Waals surface area contributed by atoms with E-state index in [1.54, 1.807) is 62.2 Å². The molecule has 3 heterocycles. The zero-order valence-electron chi connectivity index (χ0n) is 23.5. The van der Waals surface area contributed by atoms with E-state index in [0.29, 0.717) is 35.5 Å². The molecule has 40 heavy (non-hydrogen) atoms. The Morgan fingerprint density at radius 1 is 1.18 bits per heavy atom. The highest BCUT2D eigenvalue weighted by Gasteiger charge is 2.40. The smallest absolute Gasteiger partial charge is 0.408 e. The molecule has 1 aliphatic heterocycles. The van der Waals surface area contributed by atoms with Crippen molar-refractivity contribution in [3.8, 4) is 6.07 Å².